The number of halogens is 1. The van der Waals surface area contributed by atoms with Crippen LogP contribution in [0.15, 0.2) is 46.5 Å². The van der Waals surface area contributed by atoms with Gasteiger partial charge in [0.1, 0.15) is 0 Å². The summed E-state index contributed by atoms with van der Waals surface area (Å²) >= 11 is 4.80. The highest BCUT2D eigenvalue weighted by Gasteiger charge is 2.14. The summed E-state index contributed by atoms with van der Waals surface area (Å²) < 4.78 is 0.830. The molecule has 0 aliphatic carbocycles. The first kappa shape index (κ1) is 11.5. The predicted molar refractivity (Wildman–Crippen MR) is 75.0 cm³/mol. The number of fused-ring (bicyclic) bond motifs is 1. The quantitative estimate of drug-likeness (QED) is 0.677. The van der Waals surface area contributed by atoms with Gasteiger partial charge in [-0.15, -0.1) is 11.3 Å². The van der Waals surface area contributed by atoms with E-state index in [9.17, 15) is 4.79 Å². The van der Waals surface area contributed by atoms with Gasteiger partial charge in [-0.1, -0.05) is 0 Å². The van der Waals surface area contributed by atoms with Crippen LogP contribution in [0, 0.1) is 0 Å². The third-order valence-electron chi connectivity index (χ3n) is 2.55. The van der Waals surface area contributed by atoms with Gasteiger partial charge in [-0.05, 0) is 45.6 Å². The number of carbonyl (C=O) groups is 1. The number of ketones is 1. The average molecular weight is 319 g/mol. The third-order valence-corrected chi connectivity index (χ3v) is 4.39. The molecule has 0 unspecified atom stereocenters. The van der Waals surface area contributed by atoms with Crippen molar-refractivity contribution in [1.82, 2.24) is 9.97 Å². The normalized spacial score (nSPS) is 10.7. The molecule has 5 heteroatoms. The molecule has 2 aromatic heterocycles. The number of thiophene rings is 1. The molecule has 3 rings (SSSR count). The molecule has 3 nitrogen and oxygen atoms in total. The van der Waals surface area contributed by atoms with Crippen LogP contribution in [-0.2, 0) is 0 Å². The minimum absolute atomic E-state index is 0.00410. The van der Waals surface area contributed by atoms with Crippen LogP contribution in [0.2, 0.25) is 0 Å². The fourth-order valence-corrected chi connectivity index (χ4v) is 3.20. The van der Waals surface area contributed by atoms with Crippen molar-refractivity contribution in [3.05, 3.63) is 57.0 Å². The highest BCUT2D eigenvalue weighted by Crippen LogP contribution is 2.26. The molecule has 0 aliphatic rings. The molecule has 3 aromatic rings. The summed E-state index contributed by atoms with van der Waals surface area (Å²) in [5.41, 5.74) is 2.15. The van der Waals surface area contributed by atoms with Crippen LogP contribution in [0.5, 0.6) is 0 Å². The minimum atomic E-state index is 0.00410. The van der Waals surface area contributed by atoms with Crippen LogP contribution in [-0.4, -0.2) is 15.8 Å². The predicted octanol–water partition coefficient (Wildman–Crippen LogP) is 3.68. The standard InChI is InChI=1S/C13H7BrN2OS/c14-9-3-6-18-13(9)12(17)8-1-2-10-11(7-8)16-5-4-15-10/h1-7H. The molecule has 1 aromatic carbocycles. The lowest BCUT2D eigenvalue weighted by molar-refractivity contribution is 0.104. The second-order valence-corrected chi connectivity index (χ2v) is 5.46. The van der Waals surface area contributed by atoms with E-state index in [4.69, 9.17) is 0 Å². The molecule has 88 valence electrons. The number of aromatic nitrogens is 2. The Bertz CT molecular complexity index is 738. The Morgan fingerprint density at radius 1 is 1.11 bits per heavy atom. The number of benzene rings is 1. The van der Waals surface area contributed by atoms with Gasteiger partial charge in [0.15, 0.2) is 0 Å². The van der Waals surface area contributed by atoms with Crippen molar-refractivity contribution in [2.24, 2.45) is 0 Å². The maximum Gasteiger partial charge on any atom is 0.204 e. The van der Waals surface area contributed by atoms with Crippen molar-refractivity contribution in [1.29, 1.82) is 0 Å². The van der Waals surface area contributed by atoms with E-state index in [-0.39, 0.29) is 5.78 Å². The molecule has 0 amide bonds. The van der Waals surface area contributed by atoms with E-state index in [0.717, 1.165) is 15.5 Å². The van der Waals surface area contributed by atoms with Crippen molar-refractivity contribution in [2.75, 3.05) is 0 Å². The van der Waals surface area contributed by atoms with Gasteiger partial charge in [0.2, 0.25) is 5.78 Å². The second kappa shape index (κ2) is 4.59. The molecule has 0 fully saturated rings. The van der Waals surface area contributed by atoms with Crippen LogP contribution >= 0.6 is 27.3 Å². The molecule has 0 aliphatic heterocycles. The van der Waals surface area contributed by atoms with E-state index in [1.54, 1.807) is 24.5 Å². The lowest BCUT2D eigenvalue weighted by Crippen LogP contribution is -1.99. The van der Waals surface area contributed by atoms with Crippen LogP contribution in [0.1, 0.15) is 15.2 Å². The number of nitrogens with zero attached hydrogens (tertiary/aromatic N) is 2. The van der Waals surface area contributed by atoms with Crippen molar-refractivity contribution >= 4 is 44.1 Å². The Labute approximate surface area is 116 Å². The topological polar surface area (TPSA) is 42.9 Å². The van der Waals surface area contributed by atoms with Gasteiger partial charge in [-0.25, -0.2) is 0 Å². The summed E-state index contributed by atoms with van der Waals surface area (Å²) in [6.45, 7) is 0. The van der Waals surface area contributed by atoms with Crippen molar-refractivity contribution in [3.8, 4) is 0 Å². The van der Waals surface area contributed by atoms with E-state index in [1.165, 1.54) is 11.3 Å². The summed E-state index contributed by atoms with van der Waals surface area (Å²) in [4.78, 5) is 21.4. The average Bonchev–Trinajstić information content (AvgIpc) is 2.83. The number of rotatable bonds is 2. The molecule has 0 N–H and O–H groups in total. The lowest BCUT2D eigenvalue weighted by Gasteiger charge is -2.01. The maximum atomic E-state index is 12.3. The Morgan fingerprint density at radius 3 is 2.61 bits per heavy atom. The fourth-order valence-electron chi connectivity index (χ4n) is 1.69. The summed E-state index contributed by atoms with van der Waals surface area (Å²) in [6, 6.07) is 7.25. The van der Waals surface area contributed by atoms with E-state index >= 15 is 0 Å². The SMILES string of the molecule is O=C(c1ccc2nccnc2c1)c1sccc1Br. The lowest BCUT2D eigenvalue weighted by atomic mass is 10.1. The molecule has 18 heavy (non-hydrogen) atoms. The molecule has 0 atom stereocenters. The number of hydrogen-bond acceptors (Lipinski definition) is 4. The largest absolute Gasteiger partial charge is 0.288 e. The van der Waals surface area contributed by atoms with Gasteiger partial charge in [-0.2, -0.15) is 0 Å². The molecular formula is C13H7BrN2OS. The van der Waals surface area contributed by atoms with Gasteiger partial charge in [0.05, 0.1) is 15.9 Å². The molecule has 0 saturated heterocycles. The third kappa shape index (κ3) is 1.95. The van der Waals surface area contributed by atoms with E-state index in [0.29, 0.717) is 10.4 Å². The van der Waals surface area contributed by atoms with Crippen molar-refractivity contribution in [3.63, 3.8) is 0 Å². The molecule has 0 radical (unpaired) electrons. The highest BCUT2D eigenvalue weighted by atomic mass is 79.9. The van der Waals surface area contributed by atoms with Crippen molar-refractivity contribution < 1.29 is 4.79 Å². The number of hydrogen-bond donors (Lipinski definition) is 0. The highest BCUT2D eigenvalue weighted by molar-refractivity contribution is 9.10. The monoisotopic (exact) mass is 318 g/mol. The van der Waals surface area contributed by atoms with Crippen LogP contribution < -0.4 is 0 Å². The maximum absolute atomic E-state index is 12.3. The second-order valence-electron chi connectivity index (χ2n) is 3.69. The summed E-state index contributed by atoms with van der Waals surface area (Å²) in [5.74, 6) is 0.00410. The van der Waals surface area contributed by atoms with Gasteiger partial charge in [0, 0.05) is 22.4 Å². The Hall–Kier alpha value is -1.59. The Kier molecular flexibility index (Phi) is 2.93. The smallest absolute Gasteiger partial charge is 0.204 e. The number of carbonyl (C=O) groups excluding carboxylic acids is 1. The van der Waals surface area contributed by atoms with E-state index < -0.39 is 0 Å². The zero-order valence-corrected chi connectivity index (χ0v) is 11.5. The van der Waals surface area contributed by atoms with Gasteiger partial charge in [0.25, 0.3) is 0 Å². The zero-order valence-electron chi connectivity index (χ0n) is 9.13. The summed E-state index contributed by atoms with van der Waals surface area (Å²) in [7, 11) is 0. The Balaban J connectivity index is 2.10. The van der Waals surface area contributed by atoms with Gasteiger partial charge >= 0.3 is 0 Å². The summed E-state index contributed by atoms with van der Waals surface area (Å²) in [5, 5.41) is 1.89. The fraction of sp³-hybridized carbons (Fsp3) is 0. The first-order chi connectivity index (χ1) is 8.75. The van der Waals surface area contributed by atoms with Crippen molar-refractivity contribution in [2.45, 2.75) is 0 Å². The Morgan fingerprint density at radius 2 is 1.89 bits per heavy atom. The molecule has 0 spiro atoms. The van der Waals surface area contributed by atoms with E-state index in [1.807, 2.05) is 17.5 Å². The van der Waals surface area contributed by atoms with Crippen LogP contribution in [0.3, 0.4) is 0 Å². The first-order valence-electron chi connectivity index (χ1n) is 5.24. The first-order valence-corrected chi connectivity index (χ1v) is 6.91. The van der Waals surface area contributed by atoms with Gasteiger partial charge in [-0.3, -0.25) is 14.8 Å². The van der Waals surface area contributed by atoms with Crippen LogP contribution in [0.25, 0.3) is 11.0 Å². The summed E-state index contributed by atoms with van der Waals surface area (Å²) in [6.07, 6.45) is 3.26. The molecule has 2 heterocycles. The molecule has 0 bridgehead atoms. The minimum Gasteiger partial charge on any atom is -0.288 e. The van der Waals surface area contributed by atoms with E-state index in [2.05, 4.69) is 25.9 Å². The molecular weight excluding hydrogens is 312 g/mol. The van der Waals surface area contributed by atoms with Gasteiger partial charge < -0.3 is 0 Å². The zero-order chi connectivity index (χ0) is 12.5. The molecule has 0 saturated carbocycles. The van der Waals surface area contributed by atoms with Crippen LogP contribution in [0.4, 0.5) is 0 Å².